The molecule has 0 aromatic heterocycles. The van der Waals surface area contributed by atoms with Gasteiger partial charge in [0.15, 0.2) is 9.84 Å². The van der Waals surface area contributed by atoms with Crippen molar-refractivity contribution in [3.63, 3.8) is 0 Å². The van der Waals surface area contributed by atoms with E-state index in [2.05, 4.69) is 10.0 Å². The fraction of sp³-hybridized carbons (Fsp3) is 1.00. The fourth-order valence-electron chi connectivity index (χ4n) is 3.07. The number of sulfone groups is 1. The highest BCUT2D eigenvalue weighted by Gasteiger charge is 2.34. The van der Waals surface area contributed by atoms with E-state index in [1.165, 1.54) is 4.31 Å². The Morgan fingerprint density at radius 2 is 1.95 bits per heavy atom. The van der Waals surface area contributed by atoms with Crippen molar-refractivity contribution >= 4 is 20.0 Å². The van der Waals surface area contributed by atoms with E-state index >= 15 is 0 Å². The Morgan fingerprint density at radius 3 is 2.57 bits per heavy atom. The van der Waals surface area contributed by atoms with Gasteiger partial charge < -0.3 is 5.32 Å². The highest BCUT2D eigenvalue weighted by molar-refractivity contribution is 7.91. The molecule has 2 fully saturated rings. The molecule has 0 saturated carbocycles. The van der Waals surface area contributed by atoms with Crippen LogP contribution >= 0.6 is 0 Å². The summed E-state index contributed by atoms with van der Waals surface area (Å²) in [6.07, 6.45) is 3.32. The van der Waals surface area contributed by atoms with Crippen LogP contribution in [0.25, 0.3) is 0 Å². The van der Waals surface area contributed by atoms with E-state index < -0.39 is 20.0 Å². The van der Waals surface area contributed by atoms with Crippen LogP contribution in [0, 0.1) is 5.92 Å². The quantitative estimate of drug-likeness (QED) is 0.669. The molecular weight excluding hydrogens is 314 g/mol. The molecule has 0 aromatic rings. The zero-order valence-corrected chi connectivity index (χ0v) is 14.0. The summed E-state index contributed by atoms with van der Waals surface area (Å²) in [5, 5.41) is 3.03. The summed E-state index contributed by atoms with van der Waals surface area (Å²) in [7, 11) is -4.68. The molecule has 0 bridgehead atoms. The van der Waals surface area contributed by atoms with Crippen LogP contribution in [0.2, 0.25) is 0 Å². The van der Waals surface area contributed by atoms with Crippen molar-refractivity contribution in [1.29, 1.82) is 0 Å². The Morgan fingerprint density at radius 1 is 1.19 bits per heavy atom. The summed E-state index contributed by atoms with van der Waals surface area (Å²) in [6.45, 7) is 1.38. The van der Waals surface area contributed by atoms with Crippen LogP contribution in [0.1, 0.15) is 25.7 Å². The van der Waals surface area contributed by atoms with Gasteiger partial charge >= 0.3 is 0 Å². The number of likely N-dealkylation sites (N-methyl/N-ethyl adjacent to an activating group) is 1. The number of nitrogens with zero attached hydrogens (tertiary/aromatic N) is 1. The minimum absolute atomic E-state index is 0.0199. The predicted octanol–water partition coefficient (Wildman–Crippen LogP) is -0.671. The number of piperidine rings is 1. The molecule has 7 nitrogen and oxygen atoms in total. The van der Waals surface area contributed by atoms with Crippen LogP contribution in [0.15, 0.2) is 0 Å². The number of rotatable bonds is 6. The molecule has 2 heterocycles. The van der Waals surface area contributed by atoms with Crippen molar-refractivity contribution < 1.29 is 16.8 Å². The van der Waals surface area contributed by atoms with Crippen LogP contribution in [0.3, 0.4) is 0 Å². The van der Waals surface area contributed by atoms with Crippen LogP contribution in [-0.4, -0.2) is 65.4 Å². The zero-order chi connectivity index (χ0) is 15.5. The van der Waals surface area contributed by atoms with Crippen LogP contribution in [-0.2, 0) is 20.0 Å². The SMILES string of the molecule is CNCC1CCCCN1S(=O)(=O)NCC1CCS(=O)(=O)C1. The first-order valence-electron chi connectivity index (χ1n) is 7.45. The first-order valence-corrected chi connectivity index (χ1v) is 10.7. The topological polar surface area (TPSA) is 95.6 Å². The van der Waals surface area contributed by atoms with Crippen molar-refractivity contribution in [2.75, 3.05) is 38.2 Å². The van der Waals surface area contributed by atoms with Crippen LogP contribution < -0.4 is 10.0 Å². The van der Waals surface area contributed by atoms with Gasteiger partial charge in [0.25, 0.3) is 10.2 Å². The second-order valence-electron chi connectivity index (χ2n) is 5.94. The molecule has 0 amide bonds. The van der Waals surface area contributed by atoms with Gasteiger partial charge in [0, 0.05) is 25.7 Å². The first-order chi connectivity index (χ1) is 9.84. The molecule has 2 saturated heterocycles. The van der Waals surface area contributed by atoms with Gasteiger partial charge in [-0.05, 0) is 32.2 Å². The summed E-state index contributed by atoms with van der Waals surface area (Å²) in [6, 6.07) is -0.0199. The molecule has 9 heteroatoms. The number of hydrogen-bond donors (Lipinski definition) is 2. The molecule has 124 valence electrons. The normalized spacial score (nSPS) is 30.5. The van der Waals surface area contributed by atoms with Crippen molar-refractivity contribution in [2.45, 2.75) is 31.7 Å². The molecule has 2 unspecified atom stereocenters. The van der Waals surface area contributed by atoms with Gasteiger partial charge in [-0.1, -0.05) is 6.42 Å². The molecule has 2 aliphatic heterocycles. The molecule has 0 aromatic carbocycles. The monoisotopic (exact) mass is 339 g/mol. The van der Waals surface area contributed by atoms with E-state index in [1.54, 1.807) is 0 Å². The molecule has 21 heavy (non-hydrogen) atoms. The van der Waals surface area contributed by atoms with Gasteiger partial charge in [0.1, 0.15) is 0 Å². The van der Waals surface area contributed by atoms with Gasteiger partial charge in [0.05, 0.1) is 11.5 Å². The molecular formula is C12H25N3O4S2. The second kappa shape index (κ2) is 6.91. The zero-order valence-electron chi connectivity index (χ0n) is 12.4. The second-order valence-corrected chi connectivity index (χ2v) is 9.88. The van der Waals surface area contributed by atoms with Crippen LogP contribution in [0.4, 0.5) is 0 Å². The summed E-state index contributed by atoms with van der Waals surface area (Å²) in [4.78, 5) is 0. The number of hydrogen-bond acceptors (Lipinski definition) is 5. The van der Waals surface area contributed by atoms with E-state index in [9.17, 15) is 16.8 Å². The Labute approximate surface area is 127 Å². The van der Waals surface area contributed by atoms with E-state index in [0.29, 0.717) is 19.5 Å². The highest BCUT2D eigenvalue weighted by atomic mass is 32.2. The third-order valence-corrected chi connectivity index (χ3v) is 7.67. The lowest BCUT2D eigenvalue weighted by molar-refractivity contribution is 0.245. The summed E-state index contributed by atoms with van der Waals surface area (Å²) < 4.78 is 51.8. The molecule has 0 aliphatic carbocycles. The molecule has 0 spiro atoms. The lowest BCUT2D eigenvalue weighted by atomic mass is 10.1. The Balaban J connectivity index is 1.94. The maximum Gasteiger partial charge on any atom is 0.279 e. The minimum Gasteiger partial charge on any atom is -0.318 e. The predicted molar refractivity (Wildman–Crippen MR) is 82.0 cm³/mol. The third kappa shape index (κ3) is 4.62. The smallest absolute Gasteiger partial charge is 0.279 e. The van der Waals surface area contributed by atoms with Gasteiger partial charge in [0.2, 0.25) is 0 Å². The largest absolute Gasteiger partial charge is 0.318 e. The maximum absolute atomic E-state index is 12.4. The molecule has 2 rings (SSSR count). The van der Waals surface area contributed by atoms with Crippen molar-refractivity contribution in [2.24, 2.45) is 5.92 Å². The lowest BCUT2D eigenvalue weighted by Gasteiger charge is -2.34. The van der Waals surface area contributed by atoms with E-state index in [4.69, 9.17) is 0 Å². The van der Waals surface area contributed by atoms with Crippen LogP contribution in [0.5, 0.6) is 0 Å². The van der Waals surface area contributed by atoms with Gasteiger partial charge in [-0.25, -0.2) is 13.1 Å². The molecule has 2 aliphatic rings. The van der Waals surface area contributed by atoms with Gasteiger partial charge in [-0.2, -0.15) is 12.7 Å². The average Bonchev–Trinajstić information content (AvgIpc) is 2.77. The number of nitrogens with one attached hydrogen (secondary N) is 2. The summed E-state index contributed by atoms with van der Waals surface area (Å²) in [5.41, 5.74) is 0. The van der Waals surface area contributed by atoms with E-state index in [1.807, 2.05) is 7.05 Å². The Hall–Kier alpha value is -0.220. The van der Waals surface area contributed by atoms with Gasteiger partial charge in [-0.3, -0.25) is 0 Å². The lowest BCUT2D eigenvalue weighted by Crippen LogP contribution is -2.52. The van der Waals surface area contributed by atoms with E-state index in [-0.39, 0.29) is 30.0 Å². The standard InChI is InChI=1S/C12H25N3O4S2/c1-13-9-12-4-2-3-6-15(12)21(18,19)14-8-11-5-7-20(16,17)10-11/h11-14H,2-10H2,1H3. The van der Waals surface area contributed by atoms with Crippen molar-refractivity contribution in [3.05, 3.63) is 0 Å². The molecule has 2 atom stereocenters. The maximum atomic E-state index is 12.4. The third-order valence-electron chi connectivity index (χ3n) is 4.20. The van der Waals surface area contributed by atoms with Crippen molar-refractivity contribution in [1.82, 2.24) is 14.3 Å². The first kappa shape index (κ1) is 17.1. The highest BCUT2D eigenvalue weighted by Crippen LogP contribution is 2.21. The van der Waals surface area contributed by atoms with Crippen molar-refractivity contribution in [3.8, 4) is 0 Å². The Bertz CT molecular complexity index is 545. The summed E-state index contributed by atoms with van der Waals surface area (Å²) in [5.74, 6) is 0.165. The summed E-state index contributed by atoms with van der Waals surface area (Å²) >= 11 is 0. The fourth-order valence-corrected chi connectivity index (χ4v) is 6.49. The Kier molecular flexibility index (Phi) is 5.64. The van der Waals surface area contributed by atoms with E-state index in [0.717, 1.165) is 19.3 Å². The van der Waals surface area contributed by atoms with Gasteiger partial charge in [-0.15, -0.1) is 0 Å². The average molecular weight is 339 g/mol. The minimum atomic E-state index is -3.53. The molecule has 2 N–H and O–H groups in total. The molecule has 0 radical (unpaired) electrons.